The normalized spacial score (nSPS) is 12.1. The van der Waals surface area contributed by atoms with E-state index in [4.69, 9.17) is 11.3 Å². The Morgan fingerprint density at radius 2 is 2.31 bits per heavy atom. The fraction of sp³-hybridized carbons (Fsp3) is 0.364. The van der Waals surface area contributed by atoms with Crippen molar-refractivity contribution in [2.75, 3.05) is 7.11 Å². The first kappa shape index (κ1) is 9.76. The first-order chi connectivity index (χ1) is 6.27. The van der Waals surface area contributed by atoms with E-state index in [1.807, 2.05) is 31.2 Å². The highest BCUT2D eigenvalue weighted by Gasteiger charge is 2.07. The Balaban J connectivity index is 2.86. The molecule has 2 heteroatoms. The van der Waals surface area contributed by atoms with Gasteiger partial charge in [0, 0.05) is 19.6 Å². The van der Waals surface area contributed by atoms with Crippen LogP contribution in [-0.2, 0) is 11.3 Å². The highest BCUT2D eigenvalue weighted by atomic mass is 16.5. The molecule has 0 amide bonds. The highest BCUT2D eigenvalue weighted by molar-refractivity contribution is 5.26. The van der Waals surface area contributed by atoms with Gasteiger partial charge in [0.15, 0.2) is 0 Å². The summed E-state index contributed by atoms with van der Waals surface area (Å²) in [6, 6.07) is 7.90. The van der Waals surface area contributed by atoms with Crippen LogP contribution < -0.4 is 0 Å². The van der Waals surface area contributed by atoms with Crippen molar-refractivity contribution < 1.29 is 4.74 Å². The Labute approximate surface area is 79.0 Å². The van der Waals surface area contributed by atoms with Crippen molar-refractivity contribution in [2.45, 2.75) is 19.6 Å². The molecule has 0 radical (unpaired) electrons. The third kappa shape index (κ3) is 2.57. The SMILES string of the molecule is [C-]#[N+]C(C)c1cccc(COC)c1. The van der Waals surface area contributed by atoms with E-state index in [9.17, 15) is 0 Å². The molecule has 0 heterocycles. The molecule has 0 fully saturated rings. The predicted molar refractivity (Wildman–Crippen MR) is 52.2 cm³/mol. The molecular weight excluding hydrogens is 162 g/mol. The number of nitrogens with zero attached hydrogens (tertiary/aromatic N) is 1. The van der Waals surface area contributed by atoms with Crippen LogP contribution in [0.15, 0.2) is 24.3 Å². The minimum atomic E-state index is -0.0585. The van der Waals surface area contributed by atoms with Crippen LogP contribution in [0.1, 0.15) is 24.1 Å². The zero-order valence-corrected chi connectivity index (χ0v) is 7.95. The topological polar surface area (TPSA) is 13.6 Å². The van der Waals surface area contributed by atoms with E-state index in [-0.39, 0.29) is 6.04 Å². The second kappa shape index (κ2) is 4.64. The van der Waals surface area contributed by atoms with Crippen molar-refractivity contribution in [1.82, 2.24) is 0 Å². The highest BCUT2D eigenvalue weighted by Crippen LogP contribution is 2.17. The van der Waals surface area contributed by atoms with Crippen LogP contribution in [0.5, 0.6) is 0 Å². The van der Waals surface area contributed by atoms with E-state index >= 15 is 0 Å². The van der Waals surface area contributed by atoms with Crippen LogP contribution >= 0.6 is 0 Å². The molecule has 2 nitrogen and oxygen atoms in total. The quantitative estimate of drug-likeness (QED) is 0.644. The summed E-state index contributed by atoms with van der Waals surface area (Å²) < 4.78 is 5.02. The van der Waals surface area contributed by atoms with Gasteiger partial charge < -0.3 is 9.58 Å². The number of benzene rings is 1. The lowest BCUT2D eigenvalue weighted by atomic mass is 10.1. The summed E-state index contributed by atoms with van der Waals surface area (Å²) >= 11 is 0. The average molecular weight is 175 g/mol. The second-order valence-corrected chi connectivity index (χ2v) is 2.98. The summed E-state index contributed by atoms with van der Waals surface area (Å²) in [5.74, 6) is 0. The van der Waals surface area contributed by atoms with Crippen LogP contribution in [0.25, 0.3) is 4.85 Å². The molecule has 1 rings (SSSR count). The molecule has 13 heavy (non-hydrogen) atoms. The first-order valence-corrected chi connectivity index (χ1v) is 4.22. The largest absolute Gasteiger partial charge is 0.380 e. The zero-order chi connectivity index (χ0) is 9.68. The predicted octanol–water partition coefficient (Wildman–Crippen LogP) is 2.81. The maximum atomic E-state index is 6.91. The number of ether oxygens (including phenoxy) is 1. The van der Waals surface area contributed by atoms with Crippen molar-refractivity contribution in [3.63, 3.8) is 0 Å². The Hall–Kier alpha value is -1.33. The van der Waals surface area contributed by atoms with E-state index in [1.165, 1.54) is 0 Å². The summed E-state index contributed by atoms with van der Waals surface area (Å²) in [7, 11) is 1.67. The van der Waals surface area contributed by atoms with Gasteiger partial charge in [-0.05, 0) is 11.6 Å². The molecule has 1 unspecified atom stereocenters. The van der Waals surface area contributed by atoms with Gasteiger partial charge in [0.2, 0.25) is 6.04 Å². The fourth-order valence-corrected chi connectivity index (χ4v) is 1.18. The minimum Gasteiger partial charge on any atom is -0.380 e. The van der Waals surface area contributed by atoms with E-state index in [0.29, 0.717) is 6.61 Å². The molecule has 0 spiro atoms. The van der Waals surface area contributed by atoms with Crippen molar-refractivity contribution in [3.05, 3.63) is 46.8 Å². The molecule has 0 aliphatic heterocycles. The molecule has 0 saturated heterocycles. The zero-order valence-electron chi connectivity index (χ0n) is 7.95. The summed E-state index contributed by atoms with van der Waals surface area (Å²) in [5, 5.41) is 0. The van der Waals surface area contributed by atoms with Crippen molar-refractivity contribution in [2.24, 2.45) is 0 Å². The molecular formula is C11H13NO. The van der Waals surface area contributed by atoms with Gasteiger partial charge in [-0.2, -0.15) is 0 Å². The lowest BCUT2D eigenvalue weighted by Crippen LogP contribution is -1.91. The summed E-state index contributed by atoms with van der Waals surface area (Å²) in [6.07, 6.45) is 0. The fourth-order valence-electron chi connectivity index (χ4n) is 1.18. The molecule has 0 aliphatic carbocycles. The average Bonchev–Trinajstić information content (AvgIpc) is 2.18. The van der Waals surface area contributed by atoms with Crippen LogP contribution in [0.2, 0.25) is 0 Å². The molecule has 68 valence electrons. The van der Waals surface area contributed by atoms with E-state index in [1.54, 1.807) is 7.11 Å². The Morgan fingerprint density at radius 3 is 2.92 bits per heavy atom. The maximum absolute atomic E-state index is 6.91. The van der Waals surface area contributed by atoms with E-state index < -0.39 is 0 Å². The van der Waals surface area contributed by atoms with Crippen LogP contribution in [-0.4, -0.2) is 7.11 Å². The summed E-state index contributed by atoms with van der Waals surface area (Å²) in [5.41, 5.74) is 2.18. The van der Waals surface area contributed by atoms with Gasteiger partial charge in [0.1, 0.15) is 0 Å². The smallest absolute Gasteiger partial charge is 0.245 e. The molecule has 0 aliphatic rings. The third-order valence-electron chi connectivity index (χ3n) is 1.94. The molecule has 0 bridgehead atoms. The van der Waals surface area contributed by atoms with Gasteiger partial charge in [-0.25, -0.2) is 6.57 Å². The van der Waals surface area contributed by atoms with Crippen molar-refractivity contribution in [3.8, 4) is 0 Å². The molecule has 1 aromatic rings. The molecule has 0 aromatic heterocycles. The molecule has 1 atom stereocenters. The standard InChI is InChI=1S/C11H13NO/c1-9(12-2)11-6-4-5-10(7-11)8-13-3/h4-7,9H,8H2,1,3H3. The Kier molecular flexibility index (Phi) is 3.48. The summed E-state index contributed by atoms with van der Waals surface area (Å²) in [6.45, 7) is 9.42. The number of rotatable bonds is 3. The van der Waals surface area contributed by atoms with E-state index in [0.717, 1.165) is 11.1 Å². The molecule has 0 saturated carbocycles. The lowest BCUT2D eigenvalue weighted by Gasteiger charge is -2.03. The van der Waals surface area contributed by atoms with Gasteiger partial charge in [0.25, 0.3) is 0 Å². The van der Waals surface area contributed by atoms with Crippen LogP contribution in [0.3, 0.4) is 0 Å². The Bertz CT molecular complexity index is 314. The monoisotopic (exact) mass is 175 g/mol. The van der Waals surface area contributed by atoms with Gasteiger partial charge in [-0.3, -0.25) is 0 Å². The second-order valence-electron chi connectivity index (χ2n) is 2.98. The van der Waals surface area contributed by atoms with Gasteiger partial charge in [-0.15, -0.1) is 0 Å². The number of hydrogen-bond donors (Lipinski definition) is 0. The number of methoxy groups -OCH3 is 1. The summed E-state index contributed by atoms with van der Waals surface area (Å²) in [4.78, 5) is 3.47. The molecule has 0 N–H and O–H groups in total. The first-order valence-electron chi connectivity index (χ1n) is 4.22. The lowest BCUT2D eigenvalue weighted by molar-refractivity contribution is 0.185. The maximum Gasteiger partial charge on any atom is 0.245 e. The van der Waals surface area contributed by atoms with Gasteiger partial charge >= 0.3 is 0 Å². The van der Waals surface area contributed by atoms with E-state index in [2.05, 4.69) is 4.85 Å². The van der Waals surface area contributed by atoms with Crippen molar-refractivity contribution >= 4 is 0 Å². The van der Waals surface area contributed by atoms with Crippen LogP contribution in [0.4, 0.5) is 0 Å². The number of hydrogen-bond acceptors (Lipinski definition) is 1. The van der Waals surface area contributed by atoms with Crippen LogP contribution in [0, 0.1) is 6.57 Å². The molecule has 1 aromatic carbocycles. The van der Waals surface area contributed by atoms with Crippen molar-refractivity contribution in [1.29, 1.82) is 0 Å². The third-order valence-corrected chi connectivity index (χ3v) is 1.94. The Morgan fingerprint density at radius 1 is 1.54 bits per heavy atom. The minimum absolute atomic E-state index is 0.0585. The van der Waals surface area contributed by atoms with Gasteiger partial charge in [0.05, 0.1) is 6.61 Å². The van der Waals surface area contributed by atoms with Gasteiger partial charge in [-0.1, -0.05) is 18.2 Å².